The summed E-state index contributed by atoms with van der Waals surface area (Å²) < 4.78 is 24.9. The van der Waals surface area contributed by atoms with Gasteiger partial charge in [-0.05, 0) is 36.8 Å². The van der Waals surface area contributed by atoms with E-state index in [0.717, 1.165) is 37.3 Å². The summed E-state index contributed by atoms with van der Waals surface area (Å²) in [6.45, 7) is 2.16. The second kappa shape index (κ2) is 7.20. The highest BCUT2D eigenvalue weighted by atomic mass is 32.2. The third kappa shape index (κ3) is 3.76. The Bertz CT molecular complexity index is 970. The summed E-state index contributed by atoms with van der Waals surface area (Å²) in [6, 6.07) is 3.36. The predicted octanol–water partition coefficient (Wildman–Crippen LogP) is 0.997. The Labute approximate surface area is 164 Å². The highest BCUT2D eigenvalue weighted by molar-refractivity contribution is 7.90. The number of anilines is 1. The lowest BCUT2D eigenvalue weighted by molar-refractivity contribution is -0.134. The topological polar surface area (TPSA) is 97.2 Å². The molecule has 0 bridgehead atoms. The van der Waals surface area contributed by atoms with Gasteiger partial charge in [0.25, 0.3) is 0 Å². The van der Waals surface area contributed by atoms with Crippen LogP contribution in [0.3, 0.4) is 0 Å². The van der Waals surface area contributed by atoms with Crippen LogP contribution in [0.1, 0.15) is 18.4 Å². The third-order valence-electron chi connectivity index (χ3n) is 5.91. The van der Waals surface area contributed by atoms with Gasteiger partial charge in [0.05, 0.1) is 11.1 Å². The lowest BCUT2D eigenvalue weighted by atomic mass is 9.61. The van der Waals surface area contributed by atoms with Gasteiger partial charge in [0.1, 0.15) is 5.82 Å². The molecule has 1 amide bonds. The molecule has 0 radical (unpaired) electrons. The zero-order valence-corrected chi connectivity index (χ0v) is 16.9. The molecule has 0 aromatic carbocycles. The smallest absolute Gasteiger partial charge is 0.223 e. The summed E-state index contributed by atoms with van der Waals surface area (Å²) in [4.78, 5) is 19.3. The maximum atomic E-state index is 12.6. The fourth-order valence-electron chi connectivity index (χ4n) is 4.26. The van der Waals surface area contributed by atoms with Gasteiger partial charge in [-0.25, -0.2) is 13.4 Å². The van der Waals surface area contributed by atoms with E-state index in [9.17, 15) is 13.2 Å². The van der Waals surface area contributed by atoms with Crippen LogP contribution in [0.2, 0.25) is 0 Å². The Hall–Kier alpha value is -2.42. The van der Waals surface area contributed by atoms with Crippen molar-refractivity contribution in [2.24, 2.45) is 24.8 Å². The normalized spacial score (nSPS) is 24.4. The number of hydrogen-bond donors (Lipinski definition) is 1. The molecule has 2 fully saturated rings. The number of pyridine rings is 1. The van der Waals surface area contributed by atoms with Crippen molar-refractivity contribution in [1.82, 2.24) is 20.1 Å². The first-order chi connectivity index (χ1) is 13.3. The number of fused-ring (bicyclic) bond motifs is 1. The minimum Gasteiger partial charge on any atom is -0.356 e. The number of carbonyl (C=O) groups is 1. The van der Waals surface area contributed by atoms with Crippen molar-refractivity contribution in [2.75, 3.05) is 24.2 Å². The molecule has 150 valence electrons. The first-order valence-electron chi connectivity index (χ1n) is 9.47. The fraction of sp³-hybridized carbons (Fsp3) is 0.526. The first kappa shape index (κ1) is 18.9. The van der Waals surface area contributed by atoms with Gasteiger partial charge < -0.3 is 10.2 Å². The summed E-state index contributed by atoms with van der Waals surface area (Å²) in [5, 5.41) is 7.15. The van der Waals surface area contributed by atoms with Crippen molar-refractivity contribution in [3.8, 4) is 0 Å². The Balaban J connectivity index is 1.37. The van der Waals surface area contributed by atoms with E-state index in [1.165, 1.54) is 12.5 Å². The van der Waals surface area contributed by atoms with Crippen molar-refractivity contribution in [2.45, 2.75) is 24.3 Å². The van der Waals surface area contributed by atoms with Gasteiger partial charge in [0, 0.05) is 56.8 Å². The molecule has 0 spiro atoms. The Kier molecular flexibility index (Phi) is 4.86. The van der Waals surface area contributed by atoms with Gasteiger partial charge in [-0.15, -0.1) is 0 Å². The quantitative estimate of drug-likeness (QED) is 0.800. The van der Waals surface area contributed by atoms with Crippen LogP contribution >= 0.6 is 0 Å². The molecule has 8 nitrogen and oxygen atoms in total. The van der Waals surface area contributed by atoms with Crippen molar-refractivity contribution in [3.63, 3.8) is 0 Å². The molecule has 1 aliphatic carbocycles. The highest BCUT2D eigenvalue weighted by Gasteiger charge is 2.47. The number of carbonyl (C=O) groups excluding carboxylic acids is 1. The molecule has 3 atom stereocenters. The van der Waals surface area contributed by atoms with E-state index in [1.54, 1.807) is 23.0 Å². The summed E-state index contributed by atoms with van der Waals surface area (Å²) in [7, 11) is -1.39. The number of hydrogen-bond acceptors (Lipinski definition) is 6. The summed E-state index contributed by atoms with van der Waals surface area (Å²) >= 11 is 0. The number of nitrogens with zero attached hydrogens (tertiary/aromatic N) is 4. The Morgan fingerprint density at radius 2 is 2.14 bits per heavy atom. The lowest BCUT2D eigenvalue weighted by Gasteiger charge is -2.50. The monoisotopic (exact) mass is 403 g/mol. The number of sulfone groups is 1. The van der Waals surface area contributed by atoms with Gasteiger partial charge in [-0.1, -0.05) is 0 Å². The second-order valence-electron chi connectivity index (χ2n) is 7.87. The molecule has 1 saturated carbocycles. The van der Waals surface area contributed by atoms with Crippen LogP contribution in [-0.2, 0) is 28.2 Å². The van der Waals surface area contributed by atoms with Gasteiger partial charge >= 0.3 is 0 Å². The van der Waals surface area contributed by atoms with Crippen molar-refractivity contribution >= 4 is 21.6 Å². The highest BCUT2D eigenvalue weighted by Crippen LogP contribution is 2.46. The third-order valence-corrected chi connectivity index (χ3v) is 7.01. The number of amides is 1. The van der Waals surface area contributed by atoms with Gasteiger partial charge in [-0.3, -0.25) is 9.48 Å². The predicted molar refractivity (Wildman–Crippen MR) is 104 cm³/mol. The van der Waals surface area contributed by atoms with E-state index in [4.69, 9.17) is 0 Å². The maximum Gasteiger partial charge on any atom is 0.223 e. The average molecular weight is 404 g/mol. The van der Waals surface area contributed by atoms with Crippen molar-refractivity contribution < 1.29 is 13.2 Å². The zero-order valence-electron chi connectivity index (χ0n) is 16.1. The molecule has 1 saturated heterocycles. The number of nitrogens with one attached hydrogen (secondary N) is 1. The van der Waals surface area contributed by atoms with Gasteiger partial charge in [0.15, 0.2) is 9.84 Å². The van der Waals surface area contributed by atoms with E-state index in [1.807, 2.05) is 13.2 Å². The summed E-state index contributed by atoms with van der Waals surface area (Å²) in [6.07, 6.45) is 8.23. The SMILES string of the molecule is Cn1cc(CNC(=O)[C@@H]2C[C@H]3CCN(c4ccc(S(C)(=O)=O)cn4)C[C@H]32)cn1. The molecular weight excluding hydrogens is 378 g/mol. The van der Waals surface area contributed by atoms with E-state index in [0.29, 0.717) is 18.4 Å². The number of aryl methyl sites for hydroxylation is 1. The van der Waals surface area contributed by atoms with E-state index < -0.39 is 9.84 Å². The Morgan fingerprint density at radius 1 is 1.32 bits per heavy atom. The van der Waals surface area contributed by atoms with Gasteiger partial charge in [-0.2, -0.15) is 5.10 Å². The van der Waals surface area contributed by atoms with Crippen LogP contribution in [0.25, 0.3) is 0 Å². The molecule has 2 aromatic rings. The number of aromatic nitrogens is 3. The maximum absolute atomic E-state index is 12.6. The molecule has 2 aromatic heterocycles. The van der Waals surface area contributed by atoms with Crippen LogP contribution in [-0.4, -0.2) is 48.4 Å². The molecule has 1 aliphatic heterocycles. The Morgan fingerprint density at radius 3 is 2.79 bits per heavy atom. The molecule has 9 heteroatoms. The van der Waals surface area contributed by atoms with Crippen LogP contribution in [0, 0.1) is 17.8 Å². The van der Waals surface area contributed by atoms with E-state index in [2.05, 4.69) is 20.3 Å². The average Bonchev–Trinajstić information content (AvgIpc) is 3.06. The van der Waals surface area contributed by atoms with Crippen LogP contribution in [0.4, 0.5) is 5.82 Å². The lowest BCUT2D eigenvalue weighted by Crippen LogP contribution is -2.55. The molecule has 1 N–H and O–H groups in total. The number of rotatable bonds is 5. The molecule has 4 rings (SSSR count). The zero-order chi connectivity index (χ0) is 19.9. The molecular formula is C19H25N5O3S. The number of piperidine rings is 1. The second-order valence-corrected chi connectivity index (χ2v) is 9.88. The fourth-order valence-corrected chi connectivity index (χ4v) is 4.82. The largest absolute Gasteiger partial charge is 0.356 e. The van der Waals surface area contributed by atoms with Crippen LogP contribution in [0.5, 0.6) is 0 Å². The van der Waals surface area contributed by atoms with Crippen molar-refractivity contribution in [3.05, 3.63) is 36.3 Å². The van der Waals surface area contributed by atoms with Crippen LogP contribution in [0.15, 0.2) is 35.6 Å². The minimum atomic E-state index is -3.25. The molecule has 28 heavy (non-hydrogen) atoms. The molecule has 3 heterocycles. The van der Waals surface area contributed by atoms with E-state index >= 15 is 0 Å². The van der Waals surface area contributed by atoms with Crippen molar-refractivity contribution in [1.29, 1.82) is 0 Å². The van der Waals surface area contributed by atoms with Gasteiger partial charge in [0.2, 0.25) is 5.91 Å². The standard InChI is InChI=1S/C19H25N5O3S/c1-23-11-13(9-22-23)8-21-19(25)16-7-14-5-6-24(12-17(14)16)18-4-3-15(10-20-18)28(2,26)27/h3-4,9-11,14,16-17H,5-8,12H2,1-2H3,(H,21,25)/t14-,16-,17-/m1/s1. The summed E-state index contributed by atoms with van der Waals surface area (Å²) in [5.74, 6) is 1.80. The molecule has 2 aliphatic rings. The molecule has 0 unspecified atom stereocenters. The van der Waals surface area contributed by atoms with E-state index in [-0.39, 0.29) is 16.7 Å². The summed E-state index contributed by atoms with van der Waals surface area (Å²) in [5.41, 5.74) is 0.993. The first-order valence-corrected chi connectivity index (χ1v) is 11.4. The minimum absolute atomic E-state index is 0.0276. The van der Waals surface area contributed by atoms with Crippen LogP contribution < -0.4 is 10.2 Å².